The van der Waals surface area contributed by atoms with Gasteiger partial charge in [0.05, 0.1) is 6.20 Å². The van der Waals surface area contributed by atoms with Gasteiger partial charge in [-0.15, -0.1) is 0 Å². The molecular weight excluding hydrogens is 156 g/mol. The average Bonchev–Trinajstić information content (AvgIpc) is 2.05. The molecule has 1 amide bonds. The summed E-state index contributed by atoms with van der Waals surface area (Å²) in [5, 5.41) is 2.66. The first-order valence-corrected chi connectivity index (χ1v) is 3.65. The fraction of sp³-hybridized carbons (Fsp3) is 0.250. The van der Waals surface area contributed by atoms with Crippen LogP contribution in [0.4, 0.5) is 5.69 Å². The van der Waals surface area contributed by atoms with Crippen LogP contribution in [0, 0.1) is 6.92 Å². The van der Waals surface area contributed by atoms with Gasteiger partial charge in [0.25, 0.3) is 5.91 Å². The minimum absolute atomic E-state index is 0.0937. The summed E-state index contributed by atoms with van der Waals surface area (Å²) < 4.78 is 5.16. The summed E-state index contributed by atoms with van der Waals surface area (Å²) >= 11 is 0. The number of carbonyl (C=O) groups is 1. The van der Waals surface area contributed by atoms with E-state index in [4.69, 9.17) is 4.74 Å². The first-order chi connectivity index (χ1) is 5.75. The number of rotatable bonds is 0. The molecule has 4 nitrogen and oxygen atoms in total. The lowest BCUT2D eigenvalue weighted by Crippen LogP contribution is -2.25. The molecular formula is C8H8N2O2. The van der Waals surface area contributed by atoms with Crippen molar-refractivity contribution >= 4 is 11.6 Å². The molecule has 2 rings (SSSR count). The fourth-order valence-electron chi connectivity index (χ4n) is 1.08. The molecule has 0 saturated heterocycles. The SMILES string of the molecule is Cc1cc2c(cn1)NC(=O)CO2. The predicted octanol–water partition coefficient (Wildman–Crippen LogP) is 0.721. The number of nitrogens with one attached hydrogen (secondary N) is 1. The number of anilines is 1. The number of aromatic nitrogens is 1. The van der Waals surface area contributed by atoms with Gasteiger partial charge in [-0.2, -0.15) is 0 Å². The van der Waals surface area contributed by atoms with Gasteiger partial charge in [-0.3, -0.25) is 9.78 Å². The number of hydrogen-bond donors (Lipinski definition) is 1. The smallest absolute Gasteiger partial charge is 0.262 e. The topological polar surface area (TPSA) is 51.2 Å². The first kappa shape index (κ1) is 7.09. The molecule has 1 aliphatic heterocycles. The molecule has 1 N–H and O–H groups in total. The van der Waals surface area contributed by atoms with Crippen molar-refractivity contribution in [3.63, 3.8) is 0 Å². The van der Waals surface area contributed by atoms with Crippen molar-refractivity contribution in [2.24, 2.45) is 0 Å². The van der Waals surface area contributed by atoms with E-state index in [-0.39, 0.29) is 12.5 Å². The van der Waals surface area contributed by atoms with E-state index < -0.39 is 0 Å². The van der Waals surface area contributed by atoms with E-state index in [1.165, 1.54) is 0 Å². The minimum atomic E-state index is -0.131. The van der Waals surface area contributed by atoms with Gasteiger partial charge in [-0.25, -0.2) is 0 Å². The van der Waals surface area contributed by atoms with Gasteiger partial charge in [0.2, 0.25) is 0 Å². The molecule has 2 heterocycles. The largest absolute Gasteiger partial charge is 0.481 e. The Bertz CT molecular complexity index is 336. The van der Waals surface area contributed by atoms with E-state index in [0.717, 1.165) is 5.69 Å². The molecule has 1 aromatic rings. The average molecular weight is 164 g/mol. The number of amides is 1. The highest BCUT2D eigenvalue weighted by atomic mass is 16.5. The van der Waals surface area contributed by atoms with Crippen LogP contribution in [0.3, 0.4) is 0 Å². The van der Waals surface area contributed by atoms with Crippen molar-refractivity contribution in [2.75, 3.05) is 11.9 Å². The Morgan fingerprint density at radius 3 is 3.33 bits per heavy atom. The lowest BCUT2D eigenvalue weighted by molar-refractivity contribution is -0.118. The molecule has 0 aliphatic carbocycles. The standard InChI is InChI=1S/C8H8N2O2/c1-5-2-7-6(3-9-5)10-8(11)4-12-7/h2-3H,4H2,1H3,(H,10,11). The lowest BCUT2D eigenvalue weighted by atomic mass is 10.3. The van der Waals surface area contributed by atoms with E-state index >= 15 is 0 Å². The predicted molar refractivity (Wildman–Crippen MR) is 43.1 cm³/mol. The van der Waals surface area contributed by atoms with Gasteiger partial charge < -0.3 is 10.1 Å². The molecule has 0 fully saturated rings. The third-order valence-corrected chi connectivity index (χ3v) is 1.64. The molecule has 1 aliphatic rings. The summed E-state index contributed by atoms with van der Waals surface area (Å²) in [5.74, 6) is 0.565. The molecule has 0 aromatic carbocycles. The van der Waals surface area contributed by atoms with Crippen molar-refractivity contribution < 1.29 is 9.53 Å². The highest BCUT2D eigenvalue weighted by molar-refractivity contribution is 5.95. The summed E-state index contributed by atoms with van der Waals surface area (Å²) in [4.78, 5) is 14.9. The Hall–Kier alpha value is -1.58. The molecule has 0 bridgehead atoms. The van der Waals surface area contributed by atoms with Crippen molar-refractivity contribution in [1.82, 2.24) is 4.98 Å². The van der Waals surface area contributed by atoms with Crippen LogP contribution in [-0.4, -0.2) is 17.5 Å². The molecule has 0 unspecified atom stereocenters. The van der Waals surface area contributed by atoms with Crippen molar-refractivity contribution in [1.29, 1.82) is 0 Å². The Morgan fingerprint density at radius 1 is 1.67 bits per heavy atom. The Kier molecular flexibility index (Phi) is 1.46. The number of hydrogen-bond acceptors (Lipinski definition) is 3. The van der Waals surface area contributed by atoms with Gasteiger partial charge in [0, 0.05) is 11.8 Å². The van der Waals surface area contributed by atoms with Crippen LogP contribution in [0.5, 0.6) is 5.75 Å². The van der Waals surface area contributed by atoms with E-state index in [1.54, 1.807) is 12.3 Å². The van der Waals surface area contributed by atoms with Crippen LogP contribution >= 0.6 is 0 Å². The lowest BCUT2D eigenvalue weighted by Gasteiger charge is -2.17. The second-order valence-electron chi connectivity index (χ2n) is 2.66. The summed E-state index contributed by atoms with van der Waals surface area (Å²) in [7, 11) is 0. The zero-order valence-electron chi connectivity index (χ0n) is 6.63. The highest BCUT2D eigenvalue weighted by Gasteiger charge is 2.15. The zero-order valence-corrected chi connectivity index (χ0v) is 6.63. The second kappa shape index (κ2) is 2.48. The molecule has 0 radical (unpaired) electrons. The van der Waals surface area contributed by atoms with Crippen LogP contribution < -0.4 is 10.1 Å². The Morgan fingerprint density at radius 2 is 2.50 bits per heavy atom. The number of ether oxygens (including phenoxy) is 1. The Labute approximate surface area is 69.6 Å². The number of aryl methyl sites for hydroxylation is 1. The number of fused-ring (bicyclic) bond motifs is 1. The zero-order chi connectivity index (χ0) is 8.55. The van der Waals surface area contributed by atoms with Crippen molar-refractivity contribution in [3.8, 4) is 5.75 Å². The third-order valence-electron chi connectivity index (χ3n) is 1.64. The van der Waals surface area contributed by atoms with Crippen LogP contribution in [0.2, 0.25) is 0 Å². The van der Waals surface area contributed by atoms with Gasteiger partial charge in [0.15, 0.2) is 6.61 Å². The molecule has 1 aromatic heterocycles. The van der Waals surface area contributed by atoms with Gasteiger partial charge in [-0.05, 0) is 6.92 Å². The van der Waals surface area contributed by atoms with Gasteiger partial charge in [-0.1, -0.05) is 0 Å². The van der Waals surface area contributed by atoms with E-state index in [2.05, 4.69) is 10.3 Å². The van der Waals surface area contributed by atoms with Crippen LogP contribution in [-0.2, 0) is 4.79 Å². The molecule has 4 heteroatoms. The second-order valence-corrected chi connectivity index (χ2v) is 2.66. The number of carbonyl (C=O) groups excluding carboxylic acids is 1. The molecule has 0 spiro atoms. The number of pyridine rings is 1. The van der Waals surface area contributed by atoms with Crippen molar-refractivity contribution in [2.45, 2.75) is 6.92 Å². The normalized spacial score (nSPS) is 14.6. The summed E-state index contributed by atoms with van der Waals surface area (Å²) in [5.41, 5.74) is 1.53. The fourth-order valence-corrected chi connectivity index (χ4v) is 1.08. The van der Waals surface area contributed by atoms with Crippen molar-refractivity contribution in [3.05, 3.63) is 18.0 Å². The van der Waals surface area contributed by atoms with Crippen LogP contribution in [0.1, 0.15) is 5.69 Å². The highest BCUT2D eigenvalue weighted by Crippen LogP contribution is 2.26. The van der Waals surface area contributed by atoms with Gasteiger partial charge in [0.1, 0.15) is 11.4 Å². The summed E-state index contributed by atoms with van der Waals surface area (Å²) in [6.07, 6.45) is 1.60. The summed E-state index contributed by atoms with van der Waals surface area (Å²) in [6.45, 7) is 1.97. The van der Waals surface area contributed by atoms with E-state index in [1.807, 2.05) is 6.92 Å². The Balaban J connectivity index is 2.43. The van der Waals surface area contributed by atoms with E-state index in [0.29, 0.717) is 11.4 Å². The quantitative estimate of drug-likeness (QED) is 0.614. The minimum Gasteiger partial charge on any atom is -0.481 e. The maximum Gasteiger partial charge on any atom is 0.262 e. The maximum atomic E-state index is 10.8. The van der Waals surface area contributed by atoms with Crippen LogP contribution in [0.15, 0.2) is 12.3 Å². The molecule has 0 atom stereocenters. The first-order valence-electron chi connectivity index (χ1n) is 3.65. The van der Waals surface area contributed by atoms with Gasteiger partial charge >= 0.3 is 0 Å². The molecule has 0 saturated carbocycles. The summed E-state index contributed by atoms with van der Waals surface area (Å²) in [6, 6.07) is 1.80. The van der Waals surface area contributed by atoms with E-state index in [9.17, 15) is 4.79 Å². The maximum absolute atomic E-state index is 10.8. The third kappa shape index (κ3) is 1.11. The number of nitrogens with zero attached hydrogens (tertiary/aromatic N) is 1. The molecule has 12 heavy (non-hydrogen) atoms. The van der Waals surface area contributed by atoms with Crippen LogP contribution in [0.25, 0.3) is 0 Å². The monoisotopic (exact) mass is 164 g/mol. The molecule has 62 valence electrons.